The summed E-state index contributed by atoms with van der Waals surface area (Å²) in [5.41, 5.74) is 7.06. The van der Waals surface area contributed by atoms with Gasteiger partial charge in [0.05, 0.1) is 52.1 Å². The van der Waals surface area contributed by atoms with Gasteiger partial charge in [-0.15, -0.1) is 0 Å². The fraction of sp³-hybridized carbons (Fsp3) is 0.444. The van der Waals surface area contributed by atoms with Crippen LogP contribution < -0.4 is 16.4 Å². The number of halogens is 1. The molecule has 1 saturated heterocycles. The van der Waals surface area contributed by atoms with Gasteiger partial charge >= 0.3 is 6.03 Å². The third-order valence-corrected chi connectivity index (χ3v) is 7.67. The fourth-order valence-electron chi connectivity index (χ4n) is 5.50. The molecule has 1 aliphatic carbocycles. The molecule has 204 valence electrons. The minimum absolute atomic E-state index is 0.0579. The summed E-state index contributed by atoms with van der Waals surface area (Å²) >= 11 is 0. The molecule has 0 spiro atoms. The van der Waals surface area contributed by atoms with Crippen LogP contribution in [0, 0.1) is 23.2 Å². The second-order valence-electron chi connectivity index (χ2n) is 10.9. The lowest BCUT2D eigenvalue weighted by atomic mass is 10.0. The topological polar surface area (TPSA) is 162 Å². The van der Waals surface area contributed by atoms with Crippen molar-refractivity contribution in [3.05, 3.63) is 47.8 Å². The summed E-state index contributed by atoms with van der Waals surface area (Å²) in [4.78, 5) is 30.9. The van der Waals surface area contributed by atoms with E-state index in [1.165, 1.54) is 26.2 Å². The van der Waals surface area contributed by atoms with Crippen molar-refractivity contribution >= 4 is 23.1 Å². The fourth-order valence-corrected chi connectivity index (χ4v) is 5.50. The third kappa shape index (κ3) is 5.35. The van der Waals surface area contributed by atoms with Crippen LogP contribution in [0.4, 0.5) is 14.9 Å². The van der Waals surface area contributed by atoms with Crippen LogP contribution in [0.2, 0.25) is 0 Å². The largest absolute Gasteiger partial charge is 0.387 e. The molecule has 2 aliphatic rings. The molecular formula is C27H31FN8O3. The van der Waals surface area contributed by atoms with Crippen molar-refractivity contribution in [3.8, 4) is 17.5 Å². The number of aliphatic hydroxyl groups is 1. The van der Waals surface area contributed by atoms with E-state index in [1.54, 1.807) is 21.5 Å². The number of alkyl halides is 1. The van der Waals surface area contributed by atoms with Gasteiger partial charge in [0.2, 0.25) is 0 Å². The lowest BCUT2D eigenvalue weighted by Crippen LogP contribution is -2.42. The molecule has 3 aromatic rings. The molecular weight excluding hydrogens is 503 g/mol. The van der Waals surface area contributed by atoms with Gasteiger partial charge in [-0.3, -0.25) is 9.78 Å². The molecule has 11 nitrogen and oxygen atoms in total. The Balaban J connectivity index is 1.42. The van der Waals surface area contributed by atoms with Crippen LogP contribution in [0.25, 0.3) is 16.9 Å². The summed E-state index contributed by atoms with van der Waals surface area (Å²) in [6, 6.07) is 8.89. The first kappa shape index (κ1) is 26.4. The van der Waals surface area contributed by atoms with Crippen molar-refractivity contribution in [2.24, 2.45) is 17.6 Å². The normalized spacial score (nSPS) is 21.4. The first-order valence-corrected chi connectivity index (χ1v) is 12.9. The number of nitrogens with two attached hydrogens (primary N) is 1. The minimum atomic E-state index is -1.65. The van der Waals surface area contributed by atoms with Gasteiger partial charge in [0.25, 0.3) is 5.91 Å². The average molecular weight is 535 g/mol. The summed E-state index contributed by atoms with van der Waals surface area (Å²) in [5.74, 6) is 0.125. The molecule has 4 heterocycles. The number of nitrogens with zero attached hydrogens (tertiary/aromatic N) is 5. The second-order valence-corrected chi connectivity index (χ2v) is 10.9. The van der Waals surface area contributed by atoms with Gasteiger partial charge in [-0.25, -0.2) is 13.7 Å². The minimum Gasteiger partial charge on any atom is -0.387 e. The van der Waals surface area contributed by atoms with E-state index in [2.05, 4.69) is 26.8 Å². The number of likely N-dealkylation sites (tertiary alicyclic amines) is 1. The van der Waals surface area contributed by atoms with Gasteiger partial charge in [-0.05, 0) is 62.8 Å². The summed E-state index contributed by atoms with van der Waals surface area (Å²) in [6.07, 6.45) is 2.89. The highest BCUT2D eigenvalue weighted by molar-refractivity contribution is 6.00. The van der Waals surface area contributed by atoms with Crippen LogP contribution in [-0.2, 0) is 0 Å². The Morgan fingerprint density at radius 1 is 1.26 bits per heavy atom. The van der Waals surface area contributed by atoms with E-state index >= 15 is 0 Å². The highest BCUT2D eigenvalue weighted by atomic mass is 19.1. The summed E-state index contributed by atoms with van der Waals surface area (Å²) < 4.78 is 16.0. The SMILES string of the molecule is CC(C)(O)[C@H](F)CNC(=O)c1cnc(-c2ccc3cc(C#N)cnn23)cc1NC1CC2CN(C(N)=O)CC2C1. The van der Waals surface area contributed by atoms with E-state index in [-0.39, 0.29) is 18.2 Å². The van der Waals surface area contributed by atoms with Gasteiger partial charge in [0.15, 0.2) is 0 Å². The number of pyridine rings is 1. The first-order chi connectivity index (χ1) is 18.5. The molecule has 1 aliphatic heterocycles. The predicted octanol–water partition coefficient (Wildman–Crippen LogP) is 2.31. The number of fused-ring (bicyclic) bond motifs is 2. The number of hydrogen-bond donors (Lipinski definition) is 4. The van der Waals surface area contributed by atoms with Gasteiger partial charge < -0.3 is 26.4 Å². The molecule has 12 heteroatoms. The van der Waals surface area contributed by atoms with Crippen LogP contribution in [0.15, 0.2) is 36.7 Å². The van der Waals surface area contributed by atoms with Gasteiger partial charge in [-0.1, -0.05) is 0 Å². The number of nitriles is 1. The van der Waals surface area contributed by atoms with Crippen LogP contribution in [-0.4, -0.2) is 74.0 Å². The van der Waals surface area contributed by atoms with Crippen molar-refractivity contribution < 1.29 is 19.1 Å². The Morgan fingerprint density at radius 3 is 2.62 bits per heavy atom. The Morgan fingerprint density at radius 2 is 1.97 bits per heavy atom. The molecule has 0 aromatic carbocycles. The smallest absolute Gasteiger partial charge is 0.314 e. The molecule has 0 radical (unpaired) electrons. The predicted molar refractivity (Wildman–Crippen MR) is 141 cm³/mol. The molecule has 1 saturated carbocycles. The number of hydrogen-bond acceptors (Lipinski definition) is 7. The number of urea groups is 1. The number of amides is 3. The summed E-state index contributed by atoms with van der Waals surface area (Å²) in [5, 5.41) is 29.5. The maximum Gasteiger partial charge on any atom is 0.314 e. The third-order valence-electron chi connectivity index (χ3n) is 7.67. The number of carbonyl (C=O) groups excluding carboxylic acids is 2. The van der Waals surface area contributed by atoms with Gasteiger partial charge in [0.1, 0.15) is 12.2 Å². The number of primary amides is 1. The lowest BCUT2D eigenvalue weighted by molar-refractivity contribution is -0.00177. The quantitative estimate of drug-likeness (QED) is 0.362. The number of aromatic nitrogens is 3. The van der Waals surface area contributed by atoms with E-state index in [4.69, 9.17) is 5.73 Å². The number of nitrogens with one attached hydrogen (secondary N) is 2. The maximum absolute atomic E-state index is 14.3. The summed E-state index contributed by atoms with van der Waals surface area (Å²) in [7, 11) is 0. The highest BCUT2D eigenvalue weighted by Gasteiger charge is 2.42. The van der Waals surface area contributed by atoms with Crippen LogP contribution in [0.1, 0.15) is 42.6 Å². The molecule has 3 aromatic heterocycles. The zero-order valence-electron chi connectivity index (χ0n) is 21.8. The van der Waals surface area contributed by atoms with Gasteiger partial charge in [0, 0.05) is 25.3 Å². The summed E-state index contributed by atoms with van der Waals surface area (Å²) in [6.45, 7) is 3.58. The van der Waals surface area contributed by atoms with Crippen molar-refractivity contribution in [2.45, 2.75) is 44.5 Å². The number of carbonyl (C=O) groups is 2. The number of anilines is 1. The zero-order valence-corrected chi connectivity index (χ0v) is 21.8. The zero-order chi connectivity index (χ0) is 27.9. The van der Waals surface area contributed by atoms with E-state index in [9.17, 15) is 24.3 Å². The van der Waals surface area contributed by atoms with Crippen molar-refractivity contribution in [1.29, 1.82) is 5.26 Å². The lowest BCUT2D eigenvalue weighted by Gasteiger charge is -2.23. The second kappa shape index (κ2) is 10.1. The van der Waals surface area contributed by atoms with Crippen LogP contribution in [0.3, 0.4) is 0 Å². The monoisotopic (exact) mass is 534 g/mol. The standard InChI is InChI=1S/C27H31FN8O3/c1-27(2,39)24(28)12-32-25(37)20-11-31-22(23-4-3-19-5-15(9-29)10-33-36(19)23)8-21(20)34-18-6-16-13-35(26(30)38)14-17(16)7-18/h3-5,8,10-11,16-18,24,39H,6-7,12-14H2,1-2H3,(H2,30,38)(H,31,34)(H,32,37)/t16?,17?,18?,24-/m1/s1. The van der Waals surface area contributed by atoms with Crippen LogP contribution >= 0.6 is 0 Å². The Bertz CT molecular complexity index is 1450. The molecule has 2 unspecified atom stereocenters. The van der Waals surface area contributed by atoms with E-state index in [0.717, 1.165) is 18.4 Å². The van der Waals surface area contributed by atoms with Crippen molar-refractivity contribution in [1.82, 2.24) is 24.8 Å². The first-order valence-electron chi connectivity index (χ1n) is 12.9. The Labute approximate surface area is 224 Å². The van der Waals surface area contributed by atoms with E-state index in [0.29, 0.717) is 47.6 Å². The molecule has 0 bridgehead atoms. The molecule has 3 atom stereocenters. The van der Waals surface area contributed by atoms with E-state index in [1.807, 2.05) is 12.1 Å². The maximum atomic E-state index is 14.3. The average Bonchev–Trinajstić information content (AvgIpc) is 3.59. The van der Waals surface area contributed by atoms with E-state index < -0.39 is 23.7 Å². The molecule has 5 rings (SSSR count). The highest BCUT2D eigenvalue weighted by Crippen LogP contribution is 2.40. The molecule has 2 fully saturated rings. The Hall–Kier alpha value is -4.24. The van der Waals surface area contributed by atoms with Gasteiger partial charge in [-0.2, -0.15) is 10.4 Å². The van der Waals surface area contributed by atoms with Crippen LogP contribution in [0.5, 0.6) is 0 Å². The van der Waals surface area contributed by atoms with Crippen molar-refractivity contribution in [2.75, 3.05) is 25.0 Å². The molecule has 39 heavy (non-hydrogen) atoms. The molecule has 3 amide bonds. The Kier molecular flexibility index (Phi) is 6.86. The van der Waals surface area contributed by atoms with Crippen molar-refractivity contribution in [3.63, 3.8) is 0 Å². The number of rotatable bonds is 7. The molecule has 5 N–H and O–H groups in total.